The molecule has 5 aromatic rings. The number of para-hydroxylation sites is 1. The van der Waals surface area contributed by atoms with Crippen LogP contribution >= 0.6 is 0 Å². The maximum atomic E-state index is 2.53. The molecule has 186 valence electrons. The van der Waals surface area contributed by atoms with Gasteiger partial charge in [-0.2, -0.15) is 0 Å². The van der Waals surface area contributed by atoms with E-state index in [4.69, 9.17) is 0 Å². The Balaban J connectivity index is 1.12. The van der Waals surface area contributed by atoms with Crippen molar-refractivity contribution in [1.29, 1.82) is 0 Å². The molecule has 0 amide bonds. The van der Waals surface area contributed by atoms with Crippen LogP contribution in [0.3, 0.4) is 0 Å². The highest BCUT2D eigenvalue weighted by molar-refractivity contribution is 5.87. The maximum Gasteiger partial charge on any atom is 0.139 e. The SMILES string of the molecule is c1ccc(-c2cc3ccccc3n2CCC[NH+]2CC[NH+](C(c3ccccc3)c3ccccc3)CC2)cc1. The van der Waals surface area contributed by atoms with Crippen molar-refractivity contribution in [2.45, 2.75) is 19.0 Å². The smallest absolute Gasteiger partial charge is 0.139 e. The van der Waals surface area contributed by atoms with Gasteiger partial charge in [0.25, 0.3) is 0 Å². The predicted octanol–water partition coefficient (Wildman–Crippen LogP) is 4.27. The summed E-state index contributed by atoms with van der Waals surface area (Å²) in [6, 6.07) is 44.6. The normalized spacial score (nSPS) is 17.9. The Labute approximate surface area is 220 Å². The van der Waals surface area contributed by atoms with E-state index >= 15 is 0 Å². The zero-order valence-electron chi connectivity index (χ0n) is 21.5. The molecule has 1 saturated heterocycles. The molecule has 1 aliphatic rings. The third-order valence-electron chi connectivity index (χ3n) is 8.07. The Morgan fingerprint density at radius 2 is 1.19 bits per heavy atom. The number of nitrogens with zero attached hydrogens (tertiary/aromatic N) is 1. The average Bonchev–Trinajstić information content (AvgIpc) is 3.34. The van der Waals surface area contributed by atoms with E-state index in [2.05, 4.69) is 126 Å². The number of quaternary nitrogens is 2. The van der Waals surface area contributed by atoms with E-state index in [9.17, 15) is 0 Å². The lowest BCUT2D eigenvalue weighted by atomic mass is 9.96. The van der Waals surface area contributed by atoms with Gasteiger partial charge in [-0.25, -0.2) is 0 Å². The molecule has 2 heterocycles. The first-order chi connectivity index (χ1) is 18.4. The van der Waals surface area contributed by atoms with Gasteiger partial charge in [-0.15, -0.1) is 0 Å². The number of hydrogen-bond acceptors (Lipinski definition) is 0. The van der Waals surface area contributed by atoms with Gasteiger partial charge in [0.15, 0.2) is 0 Å². The molecule has 2 N–H and O–H groups in total. The molecule has 0 radical (unpaired) electrons. The third-order valence-corrected chi connectivity index (χ3v) is 8.07. The lowest BCUT2D eigenvalue weighted by Crippen LogP contribution is -3.28. The summed E-state index contributed by atoms with van der Waals surface area (Å²) in [6.45, 7) is 7.20. The summed E-state index contributed by atoms with van der Waals surface area (Å²) in [7, 11) is 0. The van der Waals surface area contributed by atoms with Gasteiger partial charge in [0, 0.05) is 40.7 Å². The Hall–Kier alpha value is -3.66. The second-order valence-electron chi connectivity index (χ2n) is 10.4. The summed E-state index contributed by atoms with van der Waals surface area (Å²) in [4.78, 5) is 3.45. The van der Waals surface area contributed by atoms with Gasteiger partial charge in [0.05, 0.1) is 6.54 Å². The third kappa shape index (κ3) is 5.24. The maximum absolute atomic E-state index is 2.53. The number of rotatable bonds is 8. The highest BCUT2D eigenvalue weighted by Crippen LogP contribution is 2.28. The van der Waals surface area contributed by atoms with E-state index in [0.717, 1.165) is 6.54 Å². The van der Waals surface area contributed by atoms with E-state index in [0.29, 0.717) is 6.04 Å². The van der Waals surface area contributed by atoms with Gasteiger partial charge in [0.1, 0.15) is 32.2 Å². The van der Waals surface area contributed by atoms with Crippen molar-refractivity contribution >= 4 is 10.9 Å². The minimum atomic E-state index is 0.420. The molecule has 1 aliphatic heterocycles. The number of aryl methyl sites for hydroxylation is 1. The lowest BCUT2D eigenvalue weighted by Gasteiger charge is -2.35. The van der Waals surface area contributed by atoms with Crippen molar-refractivity contribution in [3.05, 3.63) is 132 Å². The molecule has 4 aromatic carbocycles. The van der Waals surface area contributed by atoms with Gasteiger partial charge in [0.2, 0.25) is 0 Å². The zero-order valence-corrected chi connectivity index (χ0v) is 21.5. The van der Waals surface area contributed by atoms with Gasteiger partial charge in [-0.3, -0.25) is 0 Å². The Morgan fingerprint density at radius 1 is 0.622 bits per heavy atom. The minimum absolute atomic E-state index is 0.420. The van der Waals surface area contributed by atoms with Gasteiger partial charge >= 0.3 is 0 Å². The fraction of sp³-hybridized carbons (Fsp3) is 0.235. The first kappa shape index (κ1) is 23.7. The van der Waals surface area contributed by atoms with Crippen LogP contribution < -0.4 is 9.80 Å². The van der Waals surface area contributed by atoms with Crippen molar-refractivity contribution < 1.29 is 9.80 Å². The summed E-state index contributed by atoms with van der Waals surface area (Å²) in [5.74, 6) is 0. The number of nitrogens with one attached hydrogen (secondary N) is 2. The lowest BCUT2D eigenvalue weighted by molar-refractivity contribution is -1.02. The van der Waals surface area contributed by atoms with Gasteiger partial charge < -0.3 is 14.4 Å². The van der Waals surface area contributed by atoms with Crippen molar-refractivity contribution in [3.63, 3.8) is 0 Å². The molecular formula is C34H37N3+2. The second kappa shape index (κ2) is 11.2. The molecule has 0 unspecified atom stereocenters. The molecule has 0 saturated carbocycles. The zero-order chi connectivity index (χ0) is 24.9. The van der Waals surface area contributed by atoms with Crippen molar-refractivity contribution in [1.82, 2.24) is 4.57 Å². The van der Waals surface area contributed by atoms with Crippen LogP contribution in [0.1, 0.15) is 23.6 Å². The molecule has 3 heteroatoms. The Bertz CT molecular complexity index is 1360. The van der Waals surface area contributed by atoms with E-state index < -0.39 is 0 Å². The van der Waals surface area contributed by atoms with Crippen molar-refractivity contribution in [2.75, 3.05) is 32.7 Å². The number of benzene rings is 4. The average molecular weight is 488 g/mol. The predicted molar refractivity (Wildman–Crippen MR) is 153 cm³/mol. The van der Waals surface area contributed by atoms with Crippen LogP contribution in [-0.4, -0.2) is 37.3 Å². The molecule has 0 spiro atoms. The number of hydrogen-bond donors (Lipinski definition) is 2. The largest absolute Gasteiger partial charge is 0.340 e. The quantitative estimate of drug-likeness (QED) is 0.325. The Morgan fingerprint density at radius 3 is 1.84 bits per heavy atom. The van der Waals surface area contributed by atoms with Crippen LogP contribution in [0.25, 0.3) is 22.2 Å². The molecule has 0 aliphatic carbocycles. The summed E-state index contributed by atoms with van der Waals surface area (Å²) < 4.78 is 2.53. The van der Waals surface area contributed by atoms with E-state index in [1.165, 1.54) is 72.4 Å². The molecular weight excluding hydrogens is 450 g/mol. The van der Waals surface area contributed by atoms with Crippen LogP contribution in [0.15, 0.2) is 121 Å². The van der Waals surface area contributed by atoms with Crippen LogP contribution in [0.2, 0.25) is 0 Å². The number of fused-ring (bicyclic) bond motifs is 1. The van der Waals surface area contributed by atoms with E-state index in [1.54, 1.807) is 9.80 Å². The summed E-state index contributed by atoms with van der Waals surface area (Å²) in [5, 5.41) is 1.33. The molecule has 6 rings (SSSR count). The van der Waals surface area contributed by atoms with Crippen molar-refractivity contribution in [3.8, 4) is 11.3 Å². The molecule has 1 aromatic heterocycles. The standard InChI is InChI=1S/C34H35N3/c1-4-13-28(14-5-1)33-27-31-19-10-11-20-32(31)37(33)22-12-21-35-23-25-36(26-24-35)34(29-15-6-2-7-16-29)30-17-8-3-9-18-30/h1-11,13-20,27,34H,12,21-26H2/p+2. The molecule has 3 nitrogen and oxygen atoms in total. The molecule has 37 heavy (non-hydrogen) atoms. The molecule has 0 bridgehead atoms. The van der Waals surface area contributed by atoms with Crippen LogP contribution in [-0.2, 0) is 6.54 Å². The summed E-state index contributed by atoms with van der Waals surface area (Å²) in [6.07, 6.45) is 1.20. The highest BCUT2D eigenvalue weighted by Gasteiger charge is 2.31. The van der Waals surface area contributed by atoms with E-state index in [-0.39, 0.29) is 0 Å². The fourth-order valence-electron chi connectivity index (χ4n) is 6.20. The van der Waals surface area contributed by atoms with Crippen LogP contribution in [0.4, 0.5) is 0 Å². The van der Waals surface area contributed by atoms with Crippen LogP contribution in [0.5, 0.6) is 0 Å². The molecule has 0 atom stereocenters. The van der Waals surface area contributed by atoms with Crippen molar-refractivity contribution in [2.24, 2.45) is 0 Å². The fourth-order valence-corrected chi connectivity index (χ4v) is 6.20. The second-order valence-corrected chi connectivity index (χ2v) is 10.4. The summed E-state index contributed by atoms with van der Waals surface area (Å²) in [5.41, 5.74) is 6.84. The van der Waals surface area contributed by atoms with Gasteiger partial charge in [-0.05, 0) is 17.7 Å². The minimum Gasteiger partial charge on any atom is -0.340 e. The first-order valence-electron chi connectivity index (χ1n) is 13.8. The Kier molecular flexibility index (Phi) is 7.16. The number of aromatic nitrogens is 1. The van der Waals surface area contributed by atoms with Gasteiger partial charge in [-0.1, -0.05) is 109 Å². The number of piperazine rings is 1. The topological polar surface area (TPSA) is 13.8 Å². The molecule has 1 fully saturated rings. The van der Waals surface area contributed by atoms with Crippen LogP contribution in [0, 0.1) is 0 Å². The monoisotopic (exact) mass is 487 g/mol. The van der Waals surface area contributed by atoms with E-state index in [1.807, 2.05) is 0 Å². The highest BCUT2D eigenvalue weighted by atomic mass is 15.3. The summed E-state index contributed by atoms with van der Waals surface area (Å²) >= 11 is 0. The first-order valence-corrected chi connectivity index (χ1v) is 13.8.